The zero-order valence-electron chi connectivity index (χ0n) is 7.80. The van der Waals surface area contributed by atoms with Crippen molar-refractivity contribution in [2.75, 3.05) is 33.2 Å². The molecule has 0 N–H and O–H groups in total. The summed E-state index contributed by atoms with van der Waals surface area (Å²) in [7, 11) is 2.11. The van der Waals surface area contributed by atoms with Gasteiger partial charge in [0.05, 0.1) is 0 Å². The van der Waals surface area contributed by atoms with Gasteiger partial charge in [-0.3, -0.25) is 0 Å². The molecular weight excluding hydrogens is 160 g/mol. The van der Waals surface area contributed by atoms with Crippen molar-refractivity contribution < 1.29 is 0 Å². The molecule has 13 heavy (non-hydrogen) atoms. The average molecular weight is 172 g/mol. The summed E-state index contributed by atoms with van der Waals surface area (Å²) >= 11 is 0. The molecule has 0 amide bonds. The summed E-state index contributed by atoms with van der Waals surface area (Å²) in [6.07, 6.45) is 4.95. The Morgan fingerprint density at radius 1 is 1.00 bits per heavy atom. The SMILES string of the molecule is C#CC#CC#CN1CCN(C)CC1. The molecule has 66 valence electrons. The maximum absolute atomic E-state index is 4.95. The van der Waals surface area contributed by atoms with E-state index in [-0.39, 0.29) is 0 Å². The molecule has 1 heterocycles. The molecule has 0 atom stereocenters. The summed E-state index contributed by atoms with van der Waals surface area (Å²) < 4.78 is 0. The number of piperazine rings is 1. The molecule has 0 aromatic heterocycles. The molecule has 0 unspecified atom stereocenters. The van der Waals surface area contributed by atoms with Gasteiger partial charge in [0.15, 0.2) is 0 Å². The van der Waals surface area contributed by atoms with Crippen molar-refractivity contribution in [3.05, 3.63) is 0 Å². The van der Waals surface area contributed by atoms with E-state index in [1.807, 2.05) is 0 Å². The van der Waals surface area contributed by atoms with Crippen LogP contribution in [0.1, 0.15) is 0 Å². The second kappa shape index (κ2) is 5.15. The Bertz CT molecular complexity index is 308. The van der Waals surface area contributed by atoms with Gasteiger partial charge in [0.1, 0.15) is 0 Å². The fraction of sp³-hybridized carbons (Fsp3) is 0.455. The highest BCUT2D eigenvalue weighted by atomic mass is 15.2. The Kier molecular flexibility index (Phi) is 3.77. The molecule has 0 radical (unpaired) electrons. The van der Waals surface area contributed by atoms with Crippen molar-refractivity contribution in [1.29, 1.82) is 0 Å². The lowest BCUT2D eigenvalue weighted by atomic mass is 10.3. The lowest BCUT2D eigenvalue weighted by Crippen LogP contribution is -2.42. The zero-order chi connectivity index (χ0) is 9.52. The van der Waals surface area contributed by atoms with Crippen LogP contribution in [0, 0.1) is 36.1 Å². The van der Waals surface area contributed by atoms with Crippen LogP contribution in [0.4, 0.5) is 0 Å². The van der Waals surface area contributed by atoms with Crippen molar-refractivity contribution in [3.8, 4) is 36.1 Å². The monoisotopic (exact) mass is 172 g/mol. The summed E-state index contributed by atoms with van der Waals surface area (Å²) in [5, 5.41) is 0. The highest BCUT2D eigenvalue weighted by molar-refractivity contribution is 5.33. The minimum atomic E-state index is 0.987. The second-order valence-electron chi connectivity index (χ2n) is 2.92. The first-order valence-corrected chi connectivity index (χ1v) is 4.22. The highest BCUT2D eigenvalue weighted by Gasteiger charge is 2.09. The van der Waals surface area contributed by atoms with Crippen LogP contribution in [0.5, 0.6) is 0 Å². The molecule has 0 aromatic carbocycles. The van der Waals surface area contributed by atoms with E-state index >= 15 is 0 Å². The summed E-state index contributed by atoms with van der Waals surface area (Å²) in [5.74, 6) is 10.0. The van der Waals surface area contributed by atoms with Crippen LogP contribution in [0.3, 0.4) is 0 Å². The molecule has 0 aliphatic carbocycles. The first-order valence-electron chi connectivity index (χ1n) is 4.22. The van der Waals surface area contributed by atoms with Gasteiger partial charge in [-0.1, -0.05) is 0 Å². The van der Waals surface area contributed by atoms with Gasteiger partial charge >= 0.3 is 0 Å². The molecule has 0 bridgehead atoms. The number of hydrogen-bond donors (Lipinski definition) is 0. The molecule has 1 rings (SSSR count). The summed E-state index contributed by atoms with van der Waals surface area (Å²) in [5.41, 5.74) is 0. The van der Waals surface area contributed by atoms with E-state index in [0.29, 0.717) is 0 Å². The fourth-order valence-electron chi connectivity index (χ4n) is 1.09. The average Bonchev–Trinajstić information content (AvgIpc) is 2.15. The molecule has 0 aromatic rings. The number of nitrogens with zero attached hydrogens (tertiary/aromatic N) is 2. The van der Waals surface area contributed by atoms with Crippen LogP contribution >= 0.6 is 0 Å². The molecule has 2 heteroatoms. The van der Waals surface area contributed by atoms with Gasteiger partial charge in [0.25, 0.3) is 0 Å². The van der Waals surface area contributed by atoms with Gasteiger partial charge in [0.2, 0.25) is 0 Å². The number of likely N-dealkylation sites (N-methyl/N-ethyl adjacent to an activating group) is 1. The van der Waals surface area contributed by atoms with E-state index in [1.54, 1.807) is 0 Å². The van der Waals surface area contributed by atoms with Crippen LogP contribution < -0.4 is 0 Å². The van der Waals surface area contributed by atoms with Gasteiger partial charge in [0, 0.05) is 44.1 Å². The van der Waals surface area contributed by atoms with Gasteiger partial charge in [-0.25, -0.2) is 0 Å². The van der Waals surface area contributed by atoms with Crippen LogP contribution in [0.15, 0.2) is 0 Å². The Morgan fingerprint density at radius 3 is 2.31 bits per heavy atom. The molecule has 1 fully saturated rings. The van der Waals surface area contributed by atoms with Gasteiger partial charge in [-0.05, 0) is 18.9 Å². The first-order chi connectivity index (χ1) is 6.33. The van der Waals surface area contributed by atoms with E-state index in [9.17, 15) is 0 Å². The van der Waals surface area contributed by atoms with Crippen molar-refractivity contribution in [2.24, 2.45) is 0 Å². The molecule has 0 saturated carbocycles. The van der Waals surface area contributed by atoms with Crippen LogP contribution in [-0.4, -0.2) is 43.0 Å². The second-order valence-corrected chi connectivity index (χ2v) is 2.92. The number of terminal acetylenes is 1. The van der Waals surface area contributed by atoms with E-state index in [1.165, 1.54) is 0 Å². The topological polar surface area (TPSA) is 6.48 Å². The zero-order valence-corrected chi connectivity index (χ0v) is 7.80. The summed E-state index contributed by atoms with van der Waals surface area (Å²) in [4.78, 5) is 4.36. The van der Waals surface area contributed by atoms with E-state index in [2.05, 4.69) is 46.6 Å². The van der Waals surface area contributed by atoms with Crippen LogP contribution in [0.2, 0.25) is 0 Å². The molecule has 1 aliphatic rings. The van der Waals surface area contributed by atoms with Crippen LogP contribution in [-0.2, 0) is 0 Å². The fourth-order valence-corrected chi connectivity index (χ4v) is 1.09. The molecular formula is C11H12N2. The standard InChI is InChI=1S/C11H12N2/c1-3-4-5-6-7-13-10-8-12(2)9-11-13/h1H,8-11H2,2H3. The van der Waals surface area contributed by atoms with E-state index in [0.717, 1.165) is 26.2 Å². The normalized spacial score (nSPS) is 16.2. The Balaban J connectivity index is 2.37. The Labute approximate surface area is 79.9 Å². The molecule has 1 aliphatic heterocycles. The minimum Gasteiger partial charge on any atom is -0.329 e. The van der Waals surface area contributed by atoms with Gasteiger partial charge in [-0.15, -0.1) is 6.42 Å². The Hall–Kier alpha value is -1.56. The van der Waals surface area contributed by atoms with Crippen molar-refractivity contribution >= 4 is 0 Å². The van der Waals surface area contributed by atoms with Crippen molar-refractivity contribution in [3.63, 3.8) is 0 Å². The number of rotatable bonds is 0. The predicted octanol–water partition coefficient (Wildman–Crippen LogP) is -0.169. The molecule has 1 saturated heterocycles. The highest BCUT2D eigenvalue weighted by Crippen LogP contribution is 1.95. The smallest absolute Gasteiger partial charge is 0.0388 e. The molecule has 2 nitrogen and oxygen atoms in total. The lowest BCUT2D eigenvalue weighted by molar-refractivity contribution is 0.207. The van der Waals surface area contributed by atoms with E-state index in [4.69, 9.17) is 6.42 Å². The van der Waals surface area contributed by atoms with Crippen LogP contribution in [0.25, 0.3) is 0 Å². The minimum absolute atomic E-state index is 0.987. The third-order valence-electron chi connectivity index (χ3n) is 1.91. The third kappa shape index (κ3) is 3.57. The van der Waals surface area contributed by atoms with Crippen molar-refractivity contribution in [1.82, 2.24) is 9.80 Å². The first kappa shape index (κ1) is 9.53. The maximum atomic E-state index is 4.95. The number of hydrogen-bond acceptors (Lipinski definition) is 2. The lowest BCUT2D eigenvalue weighted by Gasteiger charge is -2.29. The largest absolute Gasteiger partial charge is 0.329 e. The van der Waals surface area contributed by atoms with Crippen molar-refractivity contribution in [2.45, 2.75) is 0 Å². The van der Waals surface area contributed by atoms with E-state index < -0.39 is 0 Å². The van der Waals surface area contributed by atoms with Gasteiger partial charge in [-0.2, -0.15) is 0 Å². The quantitative estimate of drug-likeness (QED) is 0.468. The summed E-state index contributed by atoms with van der Waals surface area (Å²) in [6, 6.07) is 2.96. The Morgan fingerprint density at radius 2 is 1.69 bits per heavy atom. The maximum Gasteiger partial charge on any atom is 0.0388 e. The molecule has 0 spiro atoms. The summed E-state index contributed by atoms with van der Waals surface area (Å²) in [6.45, 7) is 4.11. The predicted molar refractivity (Wildman–Crippen MR) is 53.5 cm³/mol. The van der Waals surface area contributed by atoms with Gasteiger partial charge < -0.3 is 9.80 Å². The third-order valence-corrected chi connectivity index (χ3v) is 1.91.